The molecule has 2 rings (SSSR count). The zero-order valence-electron chi connectivity index (χ0n) is 11.0. The van der Waals surface area contributed by atoms with E-state index in [1.54, 1.807) is 0 Å². The lowest BCUT2D eigenvalue weighted by molar-refractivity contribution is 0.173. The van der Waals surface area contributed by atoms with E-state index in [0.717, 1.165) is 30.6 Å². The normalized spacial score (nSPS) is 13.3. The monoisotopic (exact) mass is 248 g/mol. The Morgan fingerprint density at radius 1 is 1.44 bits per heavy atom. The zero-order chi connectivity index (χ0) is 13.0. The Kier molecular flexibility index (Phi) is 4.33. The third-order valence-electron chi connectivity index (χ3n) is 3.25. The van der Waals surface area contributed by atoms with Crippen molar-refractivity contribution in [2.75, 3.05) is 20.2 Å². The van der Waals surface area contributed by atoms with Gasteiger partial charge in [-0.1, -0.05) is 13.0 Å². The topological polar surface area (TPSA) is 49.5 Å². The van der Waals surface area contributed by atoms with E-state index in [1.807, 2.05) is 12.1 Å². The van der Waals surface area contributed by atoms with Crippen LogP contribution >= 0.6 is 0 Å². The van der Waals surface area contributed by atoms with E-state index in [2.05, 4.69) is 29.9 Å². The van der Waals surface area contributed by atoms with Gasteiger partial charge in [0.2, 0.25) is 0 Å². The summed E-state index contributed by atoms with van der Waals surface area (Å²) < 4.78 is 5.29. The van der Waals surface area contributed by atoms with Crippen LogP contribution in [0.5, 0.6) is 0 Å². The molecule has 0 saturated heterocycles. The molecule has 2 aromatic rings. The summed E-state index contributed by atoms with van der Waals surface area (Å²) >= 11 is 0. The first-order valence-electron chi connectivity index (χ1n) is 6.34. The predicted molar refractivity (Wildman–Crippen MR) is 71.2 cm³/mol. The average molecular weight is 248 g/mol. The molecule has 1 unspecified atom stereocenters. The third-order valence-corrected chi connectivity index (χ3v) is 3.25. The molecular weight excluding hydrogens is 228 g/mol. The molecule has 0 saturated carbocycles. The summed E-state index contributed by atoms with van der Waals surface area (Å²) in [5.74, 6) is 0.351. The molecule has 0 spiro atoms. The van der Waals surface area contributed by atoms with Crippen LogP contribution in [0.4, 0.5) is 0 Å². The Morgan fingerprint density at radius 2 is 2.28 bits per heavy atom. The predicted octanol–water partition coefficient (Wildman–Crippen LogP) is 2.28. The molecule has 4 heteroatoms. The highest BCUT2D eigenvalue weighted by Crippen LogP contribution is 2.16. The van der Waals surface area contributed by atoms with Gasteiger partial charge in [0.15, 0.2) is 12.0 Å². The van der Waals surface area contributed by atoms with Crippen molar-refractivity contribution in [1.82, 2.24) is 9.88 Å². The first-order chi connectivity index (χ1) is 8.72. The number of aliphatic hydroxyl groups is 1. The first-order valence-corrected chi connectivity index (χ1v) is 6.34. The quantitative estimate of drug-likeness (QED) is 0.852. The van der Waals surface area contributed by atoms with Gasteiger partial charge in [-0.15, -0.1) is 0 Å². The SMILES string of the molecule is CCC(CO)CN(C)Cc1ccc2ncoc2c1. The minimum atomic E-state index is 0.252. The maximum Gasteiger partial charge on any atom is 0.181 e. The lowest BCUT2D eigenvalue weighted by atomic mass is 10.1. The van der Waals surface area contributed by atoms with E-state index in [1.165, 1.54) is 12.0 Å². The van der Waals surface area contributed by atoms with Crippen molar-refractivity contribution in [3.05, 3.63) is 30.2 Å². The summed E-state index contributed by atoms with van der Waals surface area (Å²) in [4.78, 5) is 6.32. The minimum Gasteiger partial charge on any atom is -0.443 e. The van der Waals surface area contributed by atoms with Crippen LogP contribution in [-0.2, 0) is 6.54 Å². The molecule has 98 valence electrons. The second-order valence-corrected chi connectivity index (χ2v) is 4.81. The van der Waals surface area contributed by atoms with E-state index in [4.69, 9.17) is 4.42 Å². The third kappa shape index (κ3) is 3.09. The molecule has 1 heterocycles. The van der Waals surface area contributed by atoms with Crippen molar-refractivity contribution in [2.45, 2.75) is 19.9 Å². The number of aromatic nitrogens is 1. The number of benzene rings is 1. The van der Waals surface area contributed by atoms with Gasteiger partial charge in [0.05, 0.1) is 0 Å². The molecule has 1 aromatic heterocycles. The molecule has 1 N–H and O–H groups in total. The Hall–Kier alpha value is -1.39. The Balaban J connectivity index is 1.99. The van der Waals surface area contributed by atoms with Crippen molar-refractivity contribution in [3.63, 3.8) is 0 Å². The van der Waals surface area contributed by atoms with E-state index in [0.29, 0.717) is 5.92 Å². The lowest BCUT2D eigenvalue weighted by Gasteiger charge is -2.21. The van der Waals surface area contributed by atoms with Gasteiger partial charge in [0.1, 0.15) is 5.52 Å². The summed E-state index contributed by atoms with van der Waals surface area (Å²) in [6.45, 7) is 4.12. The molecule has 18 heavy (non-hydrogen) atoms. The van der Waals surface area contributed by atoms with Gasteiger partial charge in [-0.3, -0.25) is 0 Å². The number of fused-ring (bicyclic) bond motifs is 1. The van der Waals surface area contributed by atoms with Crippen LogP contribution in [0.3, 0.4) is 0 Å². The largest absolute Gasteiger partial charge is 0.443 e. The molecule has 4 nitrogen and oxygen atoms in total. The molecule has 1 aromatic carbocycles. The minimum absolute atomic E-state index is 0.252. The number of nitrogens with zero attached hydrogens (tertiary/aromatic N) is 2. The number of hydrogen-bond donors (Lipinski definition) is 1. The van der Waals surface area contributed by atoms with Gasteiger partial charge in [-0.25, -0.2) is 4.98 Å². The van der Waals surface area contributed by atoms with Gasteiger partial charge in [0.25, 0.3) is 0 Å². The van der Waals surface area contributed by atoms with Crippen LogP contribution in [0.25, 0.3) is 11.1 Å². The fourth-order valence-corrected chi connectivity index (χ4v) is 2.13. The van der Waals surface area contributed by atoms with Crippen LogP contribution in [0.15, 0.2) is 29.0 Å². The molecule has 0 bridgehead atoms. The van der Waals surface area contributed by atoms with E-state index < -0.39 is 0 Å². The maximum absolute atomic E-state index is 9.20. The van der Waals surface area contributed by atoms with Crippen molar-refractivity contribution in [3.8, 4) is 0 Å². The van der Waals surface area contributed by atoms with Crippen LogP contribution in [0.2, 0.25) is 0 Å². The second kappa shape index (κ2) is 5.98. The molecule has 1 atom stereocenters. The van der Waals surface area contributed by atoms with Crippen molar-refractivity contribution in [2.24, 2.45) is 5.92 Å². The van der Waals surface area contributed by atoms with Crippen LogP contribution < -0.4 is 0 Å². The number of oxazole rings is 1. The molecule has 0 aliphatic rings. The highest BCUT2D eigenvalue weighted by atomic mass is 16.3. The summed E-state index contributed by atoms with van der Waals surface area (Å²) in [6, 6.07) is 6.07. The molecule has 0 aliphatic heterocycles. The number of rotatable bonds is 6. The Morgan fingerprint density at radius 3 is 3.00 bits per heavy atom. The number of aliphatic hydroxyl groups excluding tert-OH is 1. The average Bonchev–Trinajstić information content (AvgIpc) is 2.83. The Bertz CT molecular complexity index is 491. The molecule has 0 amide bonds. The smallest absolute Gasteiger partial charge is 0.181 e. The van der Waals surface area contributed by atoms with E-state index in [-0.39, 0.29) is 6.61 Å². The van der Waals surface area contributed by atoms with Crippen molar-refractivity contribution in [1.29, 1.82) is 0 Å². The fourth-order valence-electron chi connectivity index (χ4n) is 2.13. The van der Waals surface area contributed by atoms with Gasteiger partial charge < -0.3 is 14.4 Å². The van der Waals surface area contributed by atoms with E-state index in [9.17, 15) is 5.11 Å². The summed E-state index contributed by atoms with van der Waals surface area (Å²) in [6.07, 6.45) is 2.47. The van der Waals surface area contributed by atoms with Crippen molar-refractivity contribution >= 4 is 11.1 Å². The highest BCUT2D eigenvalue weighted by molar-refractivity contribution is 5.72. The fraction of sp³-hybridized carbons (Fsp3) is 0.500. The lowest BCUT2D eigenvalue weighted by Crippen LogP contribution is -2.26. The first kappa shape index (κ1) is 13.1. The van der Waals surface area contributed by atoms with Crippen LogP contribution in [0, 0.1) is 5.92 Å². The molecule has 0 radical (unpaired) electrons. The van der Waals surface area contributed by atoms with Crippen molar-refractivity contribution < 1.29 is 9.52 Å². The molecular formula is C14H20N2O2. The maximum atomic E-state index is 9.20. The molecule has 0 aliphatic carbocycles. The number of hydrogen-bond acceptors (Lipinski definition) is 4. The zero-order valence-corrected chi connectivity index (χ0v) is 11.0. The summed E-state index contributed by atoms with van der Waals surface area (Å²) in [7, 11) is 2.07. The second-order valence-electron chi connectivity index (χ2n) is 4.81. The summed E-state index contributed by atoms with van der Waals surface area (Å²) in [5, 5.41) is 9.20. The standard InChI is InChI=1S/C14H20N2O2/c1-3-11(9-17)7-16(2)8-12-4-5-13-14(6-12)18-10-15-13/h4-6,10-11,17H,3,7-9H2,1-2H3. The van der Waals surface area contributed by atoms with Gasteiger partial charge in [-0.05, 0) is 37.1 Å². The van der Waals surface area contributed by atoms with E-state index >= 15 is 0 Å². The van der Waals surface area contributed by atoms with Crippen LogP contribution in [-0.4, -0.2) is 35.2 Å². The Labute approximate surface area is 107 Å². The summed E-state index contributed by atoms with van der Waals surface area (Å²) in [5.41, 5.74) is 2.92. The van der Waals surface area contributed by atoms with Gasteiger partial charge in [0, 0.05) is 19.7 Å². The highest BCUT2D eigenvalue weighted by Gasteiger charge is 2.09. The van der Waals surface area contributed by atoms with Gasteiger partial charge >= 0.3 is 0 Å². The van der Waals surface area contributed by atoms with Crippen LogP contribution in [0.1, 0.15) is 18.9 Å². The molecule has 0 fully saturated rings. The van der Waals surface area contributed by atoms with Gasteiger partial charge in [-0.2, -0.15) is 0 Å².